The normalized spacial score (nSPS) is 12.6. The first-order chi connectivity index (χ1) is 9.04. The Morgan fingerprint density at radius 3 is 2.89 bits per heavy atom. The summed E-state index contributed by atoms with van der Waals surface area (Å²) in [6, 6.07) is 0. The Morgan fingerprint density at radius 1 is 1.47 bits per heavy atom. The number of rotatable bonds is 4. The van der Waals surface area contributed by atoms with E-state index in [1.807, 2.05) is 6.92 Å². The zero-order chi connectivity index (χ0) is 14.0. The smallest absolute Gasteiger partial charge is 0.309 e. The second kappa shape index (κ2) is 5.88. The lowest BCUT2D eigenvalue weighted by Gasteiger charge is -2.08. The molecule has 0 radical (unpaired) electrons. The summed E-state index contributed by atoms with van der Waals surface area (Å²) >= 11 is 3.27. The number of hydrogen-bond donors (Lipinski definition) is 0. The number of fused-ring (bicyclic) bond motifs is 1. The first-order valence-corrected chi connectivity index (χ1v) is 7.76. The highest BCUT2D eigenvalue weighted by Gasteiger charge is 2.17. The zero-order valence-electron chi connectivity index (χ0n) is 11.4. The summed E-state index contributed by atoms with van der Waals surface area (Å²) in [6.07, 6.45) is 1.59. The van der Waals surface area contributed by atoms with Crippen LogP contribution >= 0.6 is 23.1 Å². The number of ether oxygens (including phenoxy) is 1. The molecule has 0 amide bonds. The fourth-order valence-corrected chi connectivity index (χ4v) is 3.85. The van der Waals surface area contributed by atoms with E-state index < -0.39 is 0 Å². The molecule has 0 aliphatic carbocycles. The second-order valence-corrected chi connectivity index (χ2v) is 6.59. The van der Waals surface area contributed by atoms with Crippen LogP contribution in [-0.4, -0.2) is 28.8 Å². The molecule has 0 N–H and O–H groups in total. The van der Waals surface area contributed by atoms with E-state index in [-0.39, 0.29) is 11.9 Å². The molecule has 2 heterocycles. The van der Waals surface area contributed by atoms with Gasteiger partial charge in [0.1, 0.15) is 16.2 Å². The summed E-state index contributed by atoms with van der Waals surface area (Å²) < 4.78 is 4.73. The minimum absolute atomic E-state index is 0.139. The topological polar surface area (TPSA) is 52.1 Å². The maximum atomic E-state index is 11.4. The van der Waals surface area contributed by atoms with Crippen LogP contribution in [0, 0.1) is 19.8 Å². The van der Waals surface area contributed by atoms with Gasteiger partial charge in [0.15, 0.2) is 0 Å². The Bertz CT molecular complexity index is 610. The van der Waals surface area contributed by atoms with E-state index >= 15 is 0 Å². The van der Waals surface area contributed by atoms with Crippen molar-refractivity contribution in [2.24, 2.45) is 5.92 Å². The van der Waals surface area contributed by atoms with Crippen LogP contribution in [0.15, 0.2) is 11.4 Å². The fraction of sp³-hybridized carbons (Fsp3) is 0.462. The van der Waals surface area contributed by atoms with Gasteiger partial charge >= 0.3 is 5.97 Å². The zero-order valence-corrected chi connectivity index (χ0v) is 13.0. The standard InChI is InChI=1S/C13H16N2O2S2/c1-7(13(16)17-4)5-18-11-10-8(2)9(3)19-12(10)15-6-14-11/h6-7H,5H2,1-4H3. The van der Waals surface area contributed by atoms with E-state index in [9.17, 15) is 4.79 Å². The Balaban J connectivity index is 2.24. The van der Waals surface area contributed by atoms with Crippen molar-refractivity contribution < 1.29 is 9.53 Å². The summed E-state index contributed by atoms with van der Waals surface area (Å²) in [6.45, 7) is 6.04. The average molecular weight is 296 g/mol. The van der Waals surface area contributed by atoms with Crippen molar-refractivity contribution in [2.45, 2.75) is 25.8 Å². The molecule has 1 atom stereocenters. The molecule has 0 bridgehead atoms. The predicted octanol–water partition coefficient (Wildman–Crippen LogP) is 3.21. The van der Waals surface area contributed by atoms with Gasteiger partial charge in [0.05, 0.1) is 13.0 Å². The van der Waals surface area contributed by atoms with Gasteiger partial charge in [0.2, 0.25) is 0 Å². The van der Waals surface area contributed by atoms with Crippen molar-refractivity contribution in [3.63, 3.8) is 0 Å². The largest absolute Gasteiger partial charge is 0.469 e. The molecule has 19 heavy (non-hydrogen) atoms. The Hall–Kier alpha value is -1.14. The highest BCUT2D eigenvalue weighted by molar-refractivity contribution is 7.99. The molecule has 2 rings (SSSR count). The van der Waals surface area contributed by atoms with Crippen molar-refractivity contribution in [3.05, 3.63) is 16.8 Å². The number of carbonyl (C=O) groups excluding carboxylic acids is 1. The Labute approximate surface area is 120 Å². The van der Waals surface area contributed by atoms with Crippen molar-refractivity contribution in [2.75, 3.05) is 12.9 Å². The average Bonchev–Trinajstić information content (AvgIpc) is 2.71. The molecule has 6 heteroatoms. The monoisotopic (exact) mass is 296 g/mol. The van der Waals surface area contributed by atoms with Crippen LogP contribution in [0.25, 0.3) is 10.2 Å². The first-order valence-electron chi connectivity index (χ1n) is 5.96. The minimum Gasteiger partial charge on any atom is -0.469 e. The fourth-order valence-electron chi connectivity index (χ4n) is 1.73. The third-order valence-electron chi connectivity index (χ3n) is 3.00. The van der Waals surface area contributed by atoms with Gasteiger partial charge in [-0.05, 0) is 19.4 Å². The number of methoxy groups -OCH3 is 1. The van der Waals surface area contributed by atoms with Crippen LogP contribution < -0.4 is 0 Å². The SMILES string of the molecule is COC(=O)C(C)CSc1ncnc2sc(C)c(C)c12. The molecule has 2 aromatic rings. The molecule has 102 valence electrons. The predicted molar refractivity (Wildman–Crippen MR) is 78.8 cm³/mol. The van der Waals surface area contributed by atoms with E-state index in [0.29, 0.717) is 5.75 Å². The van der Waals surface area contributed by atoms with E-state index in [2.05, 4.69) is 23.8 Å². The number of carbonyl (C=O) groups is 1. The van der Waals surface area contributed by atoms with Gasteiger partial charge in [-0.15, -0.1) is 23.1 Å². The van der Waals surface area contributed by atoms with Gasteiger partial charge in [-0.3, -0.25) is 4.79 Å². The van der Waals surface area contributed by atoms with Gasteiger partial charge in [-0.2, -0.15) is 0 Å². The van der Waals surface area contributed by atoms with Crippen molar-refractivity contribution in [1.82, 2.24) is 9.97 Å². The van der Waals surface area contributed by atoms with Crippen molar-refractivity contribution in [1.29, 1.82) is 0 Å². The maximum Gasteiger partial charge on any atom is 0.309 e. The van der Waals surface area contributed by atoms with Crippen LogP contribution in [0.1, 0.15) is 17.4 Å². The van der Waals surface area contributed by atoms with Crippen LogP contribution in [0.3, 0.4) is 0 Å². The first kappa shape index (κ1) is 14.3. The molecule has 0 aliphatic heterocycles. The van der Waals surface area contributed by atoms with Gasteiger partial charge in [0, 0.05) is 16.0 Å². The number of thioether (sulfide) groups is 1. The van der Waals surface area contributed by atoms with Crippen molar-refractivity contribution in [3.8, 4) is 0 Å². The van der Waals surface area contributed by atoms with E-state index in [0.717, 1.165) is 15.2 Å². The number of nitrogens with zero attached hydrogens (tertiary/aromatic N) is 2. The minimum atomic E-state index is -0.184. The molecular weight excluding hydrogens is 280 g/mol. The molecule has 0 saturated carbocycles. The Kier molecular flexibility index (Phi) is 4.42. The number of hydrogen-bond acceptors (Lipinski definition) is 6. The Morgan fingerprint density at radius 2 is 2.21 bits per heavy atom. The molecule has 4 nitrogen and oxygen atoms in total. The summed E-state index contributed by atoms with van der Waals surface area (Å²) in [5, 5.41) is 2.06. The summed E-state index contributed by atoms with van der Waals surface area (Å²) in [5.41, 5.74) is 1.23. The van der Waals surface area contributed by atoms with Crippen LogP contribution in [-0.2, 0) is 9.53 Å². The maximum absolute atomic E-state index is 11.4. The number of aryl methyl sites for hydroxylation is 2. The van der Waals surface area contributed by atoms with E-state index in [1.165, 1.54) is 17.6 Å². The molecule has 0 spiro atoms. The molecule has 2 aromatic heterocycles. The van der Waals surface area contributed by atoms with Gasteiger partial charge in [0.25, 0.3) is 0 Å². The molecule has 0 fully saturated rings. The highest BCUT2D eigenvalue weighted by Crippen LogP contribution is 2.34. The summed E-state index contributed by atoms with van der Waals surface area (Å²) in [5.74, 6) is 0.337. The molecule has 1 unspecified atom stereocenters. The van der Waals surface area contributed by atoms with Crippen molar-refractivity contribution >= 4 is 39.3 Å². The lowest BCUT2D eigenvalue weighted by molar-refractivity contribution is -0.143. The summed E-state index contributed by atoms with van der Waals surface area (Å²) in [7, 11) is 1.42. The summed E-state index contributed by atoms with van der Waals surface area (Å²) in [4.78, 5) is 22.3. The number of esters is 1. The third kappa shape index (κ3) is 2.90. The lowest BCUT2D eigenvalue weighted by atomic mass is 10.2. The number of aromatic nitrogens is 2. The van der Waals surface area contributed by atoms with E-state index in [1.54, 1.807) is 29.4 Å². The number of thiophene rings is 1. The molecule has 0 aromatic carbocycles. The van der Waals surface area contributed by atoms with Gasteiger partial charge < -0.3 is 4.74 Å². The van der Waals surface area contributed by atoms with Gasteiger partial charge in [-0.1, -0.05) is 6.92 Å². The van der Waals surface area contributed by atoms with Crippen LogP contribution in [0.4, 0.5) is 0 Å². The van der Waals surface area contributed by atoms with Gasteiger partial charge in [-0.25, -0.2) is 9.97 Å². The molecule has 0 aliphatic rings. The highest BCUT2D eigenvalue weighted by atomic mass is 32.2. The molecule has 0 saturated heterocycles. The quantitative estimate of drug-likeness (QED) is 0.492. The van der Waals surface area contributed by atoms with Crippen LogP contribution in [0.2, 0.25) is 0 Å². The second-order valence-electron chi connectivity index (χ2n) is 4.38. The lowest BCUT2D eigenvalue weighted by Crippen LogP contribution is -2.14. The van der Waals surface area contributed by atoms with E-state index in [4.69, 9.17) is 4.74 Å². The third-order valence-corrected chi connectivity index (χ3v) is 5.37. The van der Waals surface area contributed by atoms with Crippen LogP contribution in [0.5, 0.6) is 0 Å². The molecular formula is C13H16N2O2S2.